The van der Waals surface area contributed by atoms with Gasteiger partial charge in [0.15, 0.2) is 0 Å². The zero-order valence-electron chi connectivity index (χ0n) is 12.8. The second-order valence-corrected chi connectivity index (χ2v) is 6.31. The molecule has 0 spiro atoms. The van der Waals surface area contributed by atoms with Gasteiger partial charge in [-0.25, -0.2) is 0 Å². The van der Waals surface area contributed by atoms with Crippen LogP contribution in [0.1, 0.15) is 30.9 Å². The van der Waals surface area contributed by atoms with E-state index in [0.717, 1.165) is 19.0 Å². The Bertz CT molecular complexity index is 588. The maximum absolute atomic E-state index is 3.47. The highest BCUT2D eigenvalue weighted by Crippen LogP contribution is 2.40. The number of hydrogen-bond acceptors (Lipinski definition) is 2. The molecule has 2 aliphatic rings. The minimum atomic E-state index is 0. The summed E-state index contributed by atoms with van der Waals surface area (Å²) in [7, 11) is 0. The monoisotopic (exact) mass is 341 g/mol. The lowest BCUT2D eigenvalue weighted by atomic mass is 9.97. The van der Waals surface area contributed by atoms with Crippen molar-refractivity contribution in [2.75, 3.05) is 26.2 Å². The number of aromatic amines is 1. The Morgan fingerprint density at radius 1 is 1.09 bits per heavy atom. The average molecular weight is 342 g/mol. The fraction of sp³-hybridized carbons (Fsp3) is 0.529. The molecule has 1 aliphatic carbocycles. The highest BCUT2D eigenvalue weighted by atomic mass is 35.5. The lowest BCUT2D eigenvalue weighted by Gasteiger charge is -2.35. The van der Waals surface area contributed by atoms with Crippen molar-refractivity contribution in [2.24, 2.45) is 5.92 Å². The quantitative estimate of drug-likeness (QED) is 0.886. The van der Waals surface area contributed by atoms with Crippen molar-refractivity contribution in [1.29, 1.82) is 0 Å². The van der Waals surface area contributed by atoms with Gasteiger partial charge in [0.1, 0.15) is 0 Å². The van der Waals surface area contributed by atoms with E-state index < -0.39 is 0 Å². The van der Waals surface area contributed by atoms with E-state index in [9.17, 15) is 0 Å². The smallest absolute Gasteiger partial charge is 0.0454 e. The Hall–Kier alpha value is -0.740. The summed E-state index contributed by atoms with van der Waals surface area (Å²) >= 11 is 0. The van der Waals surface area contributed by atoms with Crippen LogP contribution in [0.5, 0.6) is 0 Å². The molecule has 0 unspecified atom stereocenters. The highest BCUT2D eigenvalue weighted by Gasteiger charge is 2.30. The zero-order chi connectivity index (χ0) is 13.4. The van der Waals surface area contributed by atoms with Gasteiger partial charge in [-0.05, 0) is 41.5 Å². The lowest BCUT2D eigenvalue weighted by Crippen LogP contribution is -2.45. The zero-order valence-corrected chi connectivity index (χ0v) is 14.4. The molecular weight excluding hydrogens is 317 g/mol. The van der Waals surface area contributed by atoms with Crippen molar-refractivity contribution in [3.63, 3.8) is 0 Å². The van der Waals surface area contributed by atoms with Crippen molar-refractivity contribution in [3.05, 3.63) is 36.0 Å². The molecule has 0 bridgehead atoms. The third-order valence-corrected chi connectivity index (χ3v) is 4.81. The van der Waals surface area contributed by atoms with Crippen LogP contribution in [0.3, 0.4) is 0 Å². The summed E-state index contributed by atoms with van der Waals surface area (Å²) in [5.41, 5.74) is 2.75. The van der Waals surface area contributed by atoms with Gasteiger partial charge in [-0.3, -0.25) is 4.90 Å². The first-order valence-corrected chi connectivity index (χ1v) is 7.92. The van der Waals surface area contributed by atoms with Gasteiger partial charge >= 0.3 is 0 Å². The molecule has 0 radical (unpaired) electrons. The molecule has 1 aromatic carbocycles. The lowest BCUT2D eigenvalue weighted by molar-refractivity contribution is 0.160. The summed E-state index contributed by atoms with van der Waals surface area (Å²) in [6, 6.07) is 9.76. The van der Waals surface area contributed by atoms with Crippen LogP contribution in [0.15, 0.2) is 30.5 Å². The molecule has 4 rings (SSSR count). The molecule has 1 atom stereocenters. The Balaban J connectivity index is 0.000000882. The summed E-state index contributed by atoms with van der Waals surface area (Å²) in [5, 5.41) is 4.81. The molecule has 1 saturated carbocycles. The van der Waals surface area contributed by atoms with Gasteiger partial charge < -0.3 is 10.3 Å². The molecule has 1 aromatic heterocycles. The number of fused-ring (bicyclic) bond motifs is 1. The molecule has 1 saturated heterocycles. The van der Waals surface area contributed by atoms with Crippen LogP contribution in [0.4, 0.5) is 0 Å². The summed E-state index contributed by atoms with van der Waals surface area (Å²) in [4.78, 5) is 5.98. The summed E-state index contributed by atoms with van der Waals surface area (Å²) < 4.78 is 0. The Kier molecular flexibility index (Phi) is 6.16. The fourth-order valence-corrected chi connectivity index (χ4v) is 3.44. The molecule has 1 aliphatic heterocycles. The van der Waals surface area contributed by atoms with Crippen LogP contribution in [0.25, 0.3) is 10.9 Å². The number of piperazine rings is 1. The molecule has 2 heterocycles. The van der Waals surface area contributed by atoms with Crippen molar-refractivity contribution < 1.29 is 0 Å². The van der Waals surface area contributed by atoms with Gasteiger partial charge in [0.2, 0.25) is 0 Å². The first-order valence-electron chi connectivity index (χ1n) is 7.92. The number of aromatic nitrogens is 1. The predicted octanol–water partition coefficient (Wildman–Crippen LogP) is 3.76. The van der Waals surface area contributed by atoms with Crippen LogP contribution in [-0.2, 0) is 0 Å². The molecule has 0 amide bonds. The molecule has 2 N–H and O–H groups in total. The largest absolute Gasteiger partial charge is 0.361 e. The maximum atomic E-state index is 3.47. The summed E-state index contributed by atoms with van der Waals surface area (Å²) in [6.07, 6.45) is 6.26. The van der Waals surface area contributed by atoms with E-state index in [4.69, 9.17) is 0 Å². The number of halogens is 2. The molecule has 22 heavy (non-hydrogen) atoms. The van der Waals surface area contributed by atoms with E-state index in [1.807, 2.05) is 6.20 Å². The van der Waals surface area contributed by atoms with E-state index in [1.165, 1.54) is 48.8 Å². The van der Waals surface area contributed by atoms with Crippen molar-refractivity contribution >= 4 is 35.7 Å². The average Bonchev–Trinajstić information content (AvgIpc) is 3.20. The SMILES string of the molecule is Cl.Cl.c1cc2cc([C@@H](CC3CC3)N3CCNCC3)ccc2[nH]1. The number of benzene rings is 1. The third kappa shape index (κ3) is 3.77. The van der Waals surface area contributed by atoms with Gasteiger partial charge in [-0.2, -0.15) is 0 Å². The number of hydrogen-bond donors (Lipinski definition) is 2. The van der Waals surface area contributed by atoms with Crippen LogP contribution in [0, 0.1) is 5.92 Å². The fourth-order valence-electron chi connectivity index (χ4n) is 3.44. The molecular formula is C17H25Cl2N3. The topological polar surface area (TPSA) is 31.1 Å². The first-order chi connectivity index (χ1) is 9.90. The Morgan fingerprint density at radius 3 is 2.59 bits per heavy atom. The van der Waals surface area contributed by atoms with E-state index >= 15 is 0 Å². The molecule has 122 valence electrons. The van der Waals surface area contributed by atoms with E-state index in [0.29, 0.717) is 6.04 Å². The van der Waals surface area contributed by atoms with Gasteiger partial charge in [-0.15, -0.1) is 24.8 Å². The van der Waals surface area contributed by atoms with Crippen molar-refractivity contribution in [3.8, 4) is 0 Å². The molecule has 2 aromatic rings. The van der Waals surface area contributed by atoms with Gasteiger partial charge in [0, 0.05) is 43.9 Å². The summed E-state index contributed by atoms with van der Waals surface area (Å²) in [6.45, 7) is 4.63. The predicted molar refractivity (Wildman–Crippen MR) is 97.3 cm³/mol. The Morgan fingerprint density at radius 2 is 1.86 bits per heavy atom. The van der Waals surface area contributed by atoms with Crippen LogP contribution in [0.2, 0.25) is 0 Å². The maximum Gasteiger partial charge on any atom is 0.0454 e. The molecule has 3 nitrogen and oxygen atoms in total. The highest BCUT2D eigenvalue weighted by molar-refractivity contribution is 5.85. The van der Waals surface area contributed by atoms with Gasteiger partial charge in [0.05, 0.1) is 0 Å². The Labute approximate surface area is 144 Å². The van der Waals surface area contributed by atoms with Crippen LogP contribution in [-0.4, -0.2) is 36.1 Å². The van der Waals surface area contributed by atoms with Gasteiger partial charge in [-0.1, -0.05) is 18.9 Å². The second kappa shape index (κ2) is 7.69. The standard InChI is InChI=1S/C17H23N3.2ClH/c1-2-13(1)11-17(20-9-7-18-8-10-20)15-3-4-16-14(12-15)5-6-19-16;;/h3-6,12-13,17-19H,1-2,7-11H2;2*1H/t17-;;/m1../s1. The number of rotatable bonds is 4. The number of H-pyrrole nitrogens is 1. The molecule has 5 heteroatoms. The van der Waals surface area contributed by atoms with E-state index in [2.05, 4.69) is 39.5 Å². The number of nitrogens with one attached hydrogen (secondary N) is 2. The van der Waals surface area contributed by atoms with Crippen LogP contribution >= 0.6 is 24.8 Å². The van der Waals surface area contributed by atoms with E-state index in [1.54, 1.807) is 0 Å². The second-order valence-electron chi connectivity index (χ2n) is 6.31. The van der Waals surface area contributed by atoms with E-state index in [-0.39, 0.29) is 24.8 Å². The first kappa shape index (κ1) is 17.6. The summed E-state index contributed by atoms with van der Waals surface area (Å²) in [5.74, 6) is 0.969. The van der Waals surface area contributed by atoms with Crippen molar-refractivity contribution in [1.82, 2.24) is 15.2 Å². The van der Waals surface area contributed by atoms with Crippen LogP contribution < -0.4 is 5.32 Å². The minimum absolute atomic E-state index is 0. The van der Waals surface area contributed by atoms with Crippen molar-refractivity contribution in [2.45, 2.75) is 25.3 Å². The van der Waals surface area contributed by atoms with Gasteiger partial charge in [0.25, 0.3) is 0 Å². The normalized spacial score (nSPS) is 20.2. The molecule has 2 fully saturated rings. The minimum Gasteiger partial charge on any atom is -0.361 e. The number of nitrogens with zero attached hydrogens (tertiary/aromatic N) is 1. The third-order valence-electron chi connectivity index (χ3n) is 4.81.